The smallest absolute Gasteiger partial charge is 0.234 e. The van der Waals surface area contributed by atoms with Crippen LogP contribution in [0.2, 0.25) is 0 Å². The molecule has 21 heavy (non-hydrogen) atoms. The fourth-order valence-electron chi connectivity index (χ4n) is 2.54. The molecule has 118 valence electrons. The minimum Gasteiger partial charge on any atom is -0.467 e. The summed E-state index contributed by atoms with van der Waals surface area (Å²) < 4.78 is 5.16. The highest BCUT2D eigenvalue weighted by atomic mass is 32.2. The standard InChI is InChI=1S/C15H24N2O3S/c1-11(8-13(18)14-4-3-6-20-14)16-15(19)9-17(2)12-5-7-21-10-12/h3-4,6,11-13,18H,5,7-10H2,1-2H3,(H,16,19). The molecule has 1 fully saturated rings. The fraction of sp³-hybridized carbons (Fsp3) is 0.667. The lowest BCUT2D eigenvalue weighted by Gasteiger charge is -2.24. The van der Waals surface area contributed by atoms with E-state index in [1.165, 1.54) is 12.0 Å². The Morgan fingerprint density at radius 1 is 1.67 bits per heavy atom. The number of thioether (sulfide) groups is 1. The van der Waals surface area contributed by atoms with E-state index in [0.29, 0.717) is 24.8 Å². The van der Waals surface area contributed by atoms with Gasteiger partial charge in [-0.3, -0.25) is 9.69 Å². The van der Waals surface area contributed by atoms with Gasteiger partial charge < -0.3 is 14.8 Å². The number of likely N-dealkylation sites (N-methyl/N-ethyl adjacent to an activating group) is 1. The summed E-state index contributed by atoms with van der Waals surface area (Å²) in [6.45, 7) is 2.31. The third-order valence-electron chi connectivity index (χ3n) is 3.78. The number of amides is 1. The molecule has 0 bridgehead atoms. The second-order valence-corrected chi connectivity index (χ2v) is 6.82. The van der Waals surface area contributed by atoms with Crippen LogP contribution in [0.3, 0.4) is 0 Å². The van der Waals surface area contributed by atoms with E-state index in [1.54, 1.807) is 12.1 Å². The zero-order chi connectivity index (χ0) is 15.2. The maximum Gasteiger partial charge on any atom is 0.234 e. The zero-order valence-corrected chi connectivity index (χ0v) is 13.4. The predicted octanol–water partition coefficient (Wildman–Crippen LogP) is 1.65. The first-order chi connectivity index (χ1) is 10.1. The fourth-order valence-corrected chi connectivity index (χ4v) is 3.84. The normalized spacial score (nSPS) is 21.4. The van der Waals surface area contributed by atoms with Crippen molar-refractivity contribution in [3.63, 3.8) is 0 Å². The van der Waals surface area contributed by atoms with Crippen molar-refractivity contribution in [2.24, 2.45) is 0 Å². The van der Waals surface area contributed by atoms with Crippen LogP contribution in [0.1, 0.15) is 31.6 Å². The van der Waals surface area contributed by atoms with Crippen molar-refractivity contribution in [3.05, 3.63) is 24.2 Å². The van der Waals surface area contributed by atoms with Crippen molar-refractivity contribution in [1.82, 2.24) is 10.2 Å². The van der Waals surface area contributed by atoms with Crippen molar-refractivity contribution < 1.29 is 14.3 Å². The molecule has 1 aliphatic rings. The highest BCUT2D eigenvalue weighted by molar-refractivity contribution is 7.99. The molecule has 1 aromatic rings. The van der Waals surface area contributed by atoms with Crippen molar-refractivity contribution in [2.45, 2.75) is 38.0 Å². The van der Waals surface area contributed by atoms with Gasteiger partial charge in [0.1, 0.15) is 11.9 Å². The summed E-state index contributed by atoms with van der Waals surface area (Å²) in [6.07, 6.45) is 2.46. The van der Waals surface area contributed by atoms with Gasteiger partial charge in [-0.25, -0.2) is 0 Å². The summed E-state index contributed by atoms with van der Waals surface area (Å²) in [7, 11) is 2.00. The minimum atomic E-state index is -0.681. The van der Waals surface area contributed by atoms with Gasteiger partial charge in [-0.15, -0.1) is 0 Å². The number of carbonyl (C=O) groups is 1. The first-order valence-electron chi connectivity index (χ1n) is 7.35. The van der Waals surface area contributed by atoms with Crippen molar-refractivity contribution in [3.8, 4) is 0 Å². The molecule has 1 aliphatic heterocycles. The largest absolute Gasteiger partial charge is 0.467 e. The van der Waals surface area contributed by atoms with E-state index in [-0.39, 0.29) is 11.9 Å². The quantitative estimate of drug-likeness (QED) is 0.801. The average molecular weight is 312 g/mol. The molecular formula is C15H24N2O3S. The molecular weight excluding hydrogens is 288 g/mol. The van der Waals surface area contributed by atoms with E-state index in [0.717, 1.165) is 12.2 Å². The van der Waals surface area contributed by atoms with Gasteiger partial charge in [0.05, 0.1) is 12.8 Å². The van der Waals surface area contributed by atoms with Crippen LogP contribution in [0.4, 0.5) is 0 Å². The number of rotatable bonds is 7. The molecule has 3 unspecified atom stereocenters. The Balaban J connectivity index is 1.71. The Kier molecular flexibility index (Phi) is 6.14. The lowest BCUT2D eigenvalue weighted by molar-refractivity contribution is -0.123. The second-order valence-electron chi connectivity index (χ2n) is 5.67. The SMILES string of the molecule is CC(CC(O)c1ccco1)NC(=O)CN(C)C1CCSC1. The molecule has 0 spiro atoms. The molecule has 1 aromatic heterocycles. The first kappa shape index (κ1) is 16.4. The van der Waals surface area contributed by atoms with E-state index in [9.17, 15) is 9.90 Å². The number of nitrogens with zero attached hydrogens (tertiary/aromatic N) is 1. The van der Waals surface area contributed by atoms with Gasteiger partial charge in [-0.2, -0.15) is 11.8 Å². The van der Waals surface area contributed by atoms with Crippen LogP contribution in [0, 0.1) is 0 Å². The third-order valence-corrected chi connectivity index (χ3v) is 4.92. The zero-order valence-electron chi connectivity index (χ0n) is 12.6. The molecule has 1 saturated heterocycles. The van der Waals surface area contributed by atoms with Gasteiger partial charge >= 0.3 is 0 Å². The highest BCUT2D eigenvalue weighted by Gasteiger charge is 2.22. The van der Waals surface area contributed by atoms with Crippen LogP contribution in [0.5, 0.6) is 0 Å². The molecule has 5 nitrogen and oxygen atoms in total. The van der Waals surface area contributed by atoms with Crippen LogP contribution in [-0.4, -0.2) is 53.1 Å². The molecule has 3 atom stereocenters. The van der Waals surface area contributed by atoms with E-state index in [4.69, 9.17) is 4.42 Å². The van der Waals surface area contributed by atoms with Gasteiger partial charge in [0.25, 0.3) is 0 Å². The predicted molar refractivity (Wildman–Crippen MR) is 84.2 cm³/mol. The number of hydrogen-bond acceptors (Lipinski definition) is 5. The summed E-state index contributed by atoms with van der Waals surface area (Å²) in [5, 5.41) is 12.9. The van der Waals surface area contributed by atoms with Crippen molar-refractivity contribution in [2.75, 3.05) is 25.1 Å². The van der Waals surface area contributed by atoms with Crippen LogP contribution < -0.4 is 5.32 Å². The average Bonchev–Trinajstić information content (AvgIpc) is 3.12. The number of aliphatic hydroxyl groups is 1. The number of carbonyl (C=O) groups excluding carboxylic acids is 1. The van der Waals surface area contributed by atoms with Crippen molar-refractivity contribution >= 4 is 17.7 Å². The minimum absolute atomic E-state index is 0.00791. The number of furan rings is 1. The summed E-state index contributed by atoms with van der Waals surface area (Å²) in [5.41, 5.74) is 0. The van der Waals surface area contributed by atoms with Gasteiger partial charge in [-0.1, -0.05) is 0 Å². The highest BCUT2D eigenvalue weighted by Crippen LogP contribution is 2.21. The molecule has 0 saturated carbocycles. The molecule has 6 heteroatoms. The lowest BCUT2D eigenvalue weighted by atomic mass is 10.1. The monoisotopic (exact) mass is 312 g/mol. The summed E-state index contributed by atoms with van der Waals surface area (Å²) in [5.74, 6) is 2.84. The maximum absolute atomic E-state index is 12.0. The second kappa shape index (κ2) is 7.87. The molecule has 1 amide bonds. The van der Waals surface area contributed by atoms with Crippen LogP contribution in [0.25, 0.3) is 0 Å². The number of aliphatic hydroxyl groups excluding tert-OH is 1. The van der Waals surface area contributed by atoms with E-state index < -0.39 is 6.10 Å². The van der Waals surface area contributed by atoms with Gasteiger partial charge in [-0.05, 0) is 38.3 Å². The Morgan fingerprint density at radius 3 is 3.10 bits per heavy atom. The van der Waals surface area contributed by atoms with Gasteiger partial charge in [0.2, 0.25) is 5.91 Å². The molecule has 2 heterocycles. The molecule has 2 N–H and O–H groups in total. The summed E-state index contributed by atoms with van der Waals surface area (Å²) >= 11 is 1.94. The third kappa shape index (κ3) is 5.05. The number of nitrogens with one attached hydrogen (secondary N) is 1. The van der Waals surface area contributed by atoms with Crippen LogP contribution >= 0.6 is 11.8 Å². The first-order valence-corrected chi connectivity index (χ1v) is 8.50. The molecule has 0 radical (unpaired) electrons. The topological polar surface area (TPSA) is 65.7 Å². The van der Waals surface area contributed by atoms with Crippen LogP contribution in [-0.2, 0) is 4.79 Å². The summed E-state index contributed by atoms with van der Waals surface area (Å²) in [6, 6.07) is 3.90. The Hall–Kier alpha value is -0.980. The lowest BCUT2D eigenvalue weighted by Crippen LogP contribution is -2.43. The van der Waals surface area contributed by atoms with Crippen LogP contribution in [0.15, 0.2) is 22.8 Å². The Morgan fingerprint density at radius 2 is 2.48 bits per heavy atom. The molecule has 0 aromatic carbocycles. The van der Waals surface area contributed by atoms with E-state index >= 15 is 0 Å². The Labute approximate surface area is 130 Å². The van der Waals surface area contributed by atoms with Gasteiger partial charge in [0, 0.05) is 24.3 Å². The van der Waals surface area contributed by atoms with E-state index in [1.807, 2.05) is 25.7 Å². The molecule has 0 aliphatic carbocycles. The summed E-state index contributed by atoms with van der Waals surface area (Å²) in [4.78, 5) is 14.1. The maximum atomic E-state index is 12.0. The molecule has 2 rings (SSSR count). The van der Waals surface area contributed by atoms with Crippen molar-refractivity contribution in [1.29, 1.82) is 0 Å². The van der Waals surface area contributed by atoms with E-state index in [2.05, 4.69) is 10.2 Å². The van der Waals surface area contributed by atoms with Gasteiger partial charge in [0.15, 0.2) is 0 Å². The Bertz CT molecular complexity index is 432. The number of hydrogen-bond donors (Lipinski definition) is 2.